The van der Waals surface area contributed by atoms with Crippen molar-refractivity contribution < 1.29 is 0 Å². The fraction of sp³-hybridized carbons (Fsp3) is 0.0508. The third-order valence-corrected chi connectivity index (χ3v) is 13.9. The molecule has 0 N–H and O–H groups in total. The lowest BCUT2D eigenvalue weighted by Crippen LogP contribution is -2.26. The number of rotatable bonds is 7. The third-order valence-electron chi connectivity index (χ3n) is 12.8. The molecule has 9 aromatic rings. The molecule has 1 aromatic heterocycles. The number of anilines is 4. The lowest BCUT2D eigenvalue weighted by Gasteiger charge is -2.35. The quantitative estimate of drug-likeness (QED) is 0.158. The maximum Gasteiger partial charge on any atom is 0.0663 e. The van der Waals surface area contributed by atoms with E-state index in [1.54, 1.807) is 0 Å². The molecule has 2 heterocycles. The van der Waals surface area contributed by atoms with Crippen molar-refractivity contribution in [3.05, 3.63) is 251 Å². The molecule has 0 bridgehead atoms. The average molecular weight is 811 g/mol. The van der Waals surface area contributed by atoms with E-state index in [0.717, 1.165) is 24.2 Å². The van der Waals surface area contributed by atoms with Crippen molar-refractivity contribution in [2.45, 2.75) is 18.8 Å². The van der Waals surface area contributed by atoms with Gasteiger partial charge in [0.25, 0.3) is 0 Å². The van der Waals surface area contributed by atoms with E-state index in [9.17, 15) is 0 Å². The van der Waals surface area contributed by atoms with Gasteiger partial charge >= 0.3 is 0 Å². The summed E-state index contributed by atoms with van der Waals surface area (Å²) in [7, 11) is 0. The first kappa shape index (κ1) is 36.4. The van der Waals surface area contributed by atoms with Gasteiger partial charge in [0.15, 0.2) is 0 Å². The van der Waals surface area contributed by atoms with Crippen LogP contribution < -0.4 is 19.6 Å². The van der Waals surface area contributed by atoms with Crippen LogP contribution in [0.25, 0.3) is 54.8 Å². The number of allylic oxidation sites excluding steroid dienone is 5. The number of para-hydroxylation sites is 3. The van der Waals surface area contributed by atoms with Crippen LogP contribution in [0.1, 0.15) is 29.9 Å². The van der Waals surface area contributed by atoms with Gasteiger partial charge < -0.3 is 9.80 Å². The second-order valence-corrected chi connectivity index (χ2v) is 17.4. The Hall–Kier alpha value is -7.46. The van der Waals surface area contributed by atoms with Gasteiger partial charge in [-0.15, -0.1) is 11.3 Å². The fourth-order valence-corrected chi connectivity index (χ4v) is 11.3. The summed E-state index contributed by atoms with van der Waals surface area (Å²) in [6, 6.07) is 71.5. The Morgan fingerprint density at radius 3 is 2.18 bits per heavy atom. The monoisotopic (exact) mass is 810 g/mol. The summed E-state index contributed by atoms with van der Waals surface area (Å²) in [6.07, 6.45) is 13.4. The van der Waals surface area contributed by atoms with Crippen LogP contribution in [0.15, 0.2) is 230 Å². The Bertz CT molecular complexity index is 3420. The van der Waals surface area contributed by atoms with Crippen LogP contribution in [0.5, 0.6) is 0 Å². The lowest BCUT2D eigenvalue weighted by molar-refractivity contribution is 0.799. The molecular formula is C59H42N2S. The minimum atomic E-state index is 0.197. The Balaban J connectivity index is 1.15. The van der Waals surface area contributed by atoms with Gasteiger partial charge in [0.2, 0.25) is 0 Å². The van der Waals surface area contributed by atoms with Gasteiger partial charge in [0.05, 0.1) is 17.1 Å². The first-order valence-corrected chi connectivity index (χ1v) is 22.4. The first-order chi connectivity index (χ1) is 30.8. The van der Waals surface area contributed by atoms with Crippen molar-refractivity contribution in [3.63, 3.8) is 0 Å². The van der Waals surface area contributed by atoms with Crippen LogP contribution in [0.4, 0.5) is 22.7 Å². The first-order valence-electron chi connectivity index (χ1n) is 21.6. The minimum Gasteiger partial charge on any atom is -0.311 e. The summed E-state index contributed by atoms with van der Waals surface area (Å²) in [5, 5.41) is 5.16. The van der Waals surface area contributed by atoms with Crippen molar-refractivity contribution in [3.8, 4) is 22.3 Å². The maximum absolute atomic E-state index is 2.56. The van der Waals surface area contributed by atoms with Gasteiger partial charge in [-0.1, -0.05) is 170 Å². The summed E-state index contributed by atoms with van der Waals surface area (Å²) < 4.78 is 2.64. The lowest BCUT2D eigenvalue weighted by atomic mass is 9.88. The smallest absolute Gasteiger partial charge is 0.0663 e. The van der Waals surface area contributed by atoms with Crippen molar-refractivity contribution >= 4 is 66.6 Å². The number of hydrogen-bond acceptors (Lipinski definition) is 3. The predicted molar refractivity (Wildman–Crippen MR) is 264 cm³/mol. The zero-order valence-electron chi connectivity index (χ0n) is 34.2. The molecule has 294 valence electrons. The molecule has 0 saturated heterocycles. The van der Waals surface area contributed by atoms with Crippen LogP contribution in [0, 0.1) is 0 Å². The van der Waals surface area contributed by atoms with Gasteiger partial charge in [-0.25, -0.2) is 0 Å². The van der Waals surface area contributed by atoms with E-state index in [4.69, 9.17) is 0 Å². The number of hydrogen-bond donors (Lipinski definition) is 0. The highest BCUT2D eigenvalue weighted by atomic mass is 32.1. The highest BCUT2D eigenvalue weighted by Crippen LogP contribution is 2.54. The van der Waals surface area contributed by atoms with Gasteiger partial charge in [-0.3, -0.25) is 0 Å². The second-order valence-electron chi connectivity index (χ2n) is 16.3. The van der Waals surface area contributed by atoms with Crippen LogP contribution >= 0.6 is 11.3 Å². The van der Waals surface area contributed by atoms with E-state index in [-0.39, 0.29) is 5.92 Å². The third kappa shape index (κ3) is 6.00. The SMILES string of the molecule is C1=CCC(c2cccc(N(C3=C4C(CC=C3)c3ccccc3N4c3ccccc3)c3ccccc3-c3cccc4cccc(-c5ccccc5)c34)c2)=c2c(sc3ccccc23)=C1. The van der Waals surface area contributed by atoms with Crippen LogP contribution in [-0.4, -0.2) is 0 Å². The zero-order valence-corrected chi connectivity index (χ0v) is 35.0. The molecule has 1 unspecified atom stereocenters. The predicted octanol–water partition coefficient (Wildman–Crippen LogP) is 14.6. The van der Waals surface area contributed by atoms with Crippen molar-refractivity contribution in [1.29, 1.82) is 0 Å². The van der Waals surface area contributed by atoms with E-state index < -0.39 is 0 Å². The Labute approximate surface area is 366 Å². The van der Waals surface area contributed by atoms with E-state index in [0.29, 0.717) is 0 Å². The molecule has 3 aliphatic rings. The molecule has 62 heavy (non-hydrogen) atoms. The summed E-state index contributed by atoms with van der Waals surface area (Å²) in [5.74, 6) is 0.197. The molecule has 12 rings (SSSR count). The molecule has 1 aliphatic heterocycles. The Morgan fingerprint density at radius 1 is 0.581 bits per heavy atom. The largest absolute Gasteiger partial charge is 0.311 e. The van der Waals surface area contributed by atoms with Crippen molar-refractivity contribution in [2.75, 3.05) is 9.80 Å². The minimum absolute atomic E-state index is 0.197. The summed E-state index contributed by atoms with van der Waals surface area (Å²) in [5.41, 5.74) is 16.0. The molecule has 0 spiro atoms. The topological polar surface area (TPSA) is 6.48 Å². The molecule has 2 aliphatic carbocycles. The summed E-state index contributed by atoms with van der Waals surface area (Å²) >= 11 is 1.88. The molecule has 3 heteroatoms. The molecule has 0 radical (unpaired) electrons. The fourth-order valence-electron chi connectivity index (χ4n) is 10.2. The molecule has 1 atom stereocenters. The number of fused-ring (bicyclic) bond motifs is 7. The number of benzene rings is 8. The molecule has 2 nitrogen and oxygen atoms in total. The van der Waals surface area contributed by atoms with E-state index >= 15 is 0 Å². The van der Waals surface area contributed by atoms with Crippen LogP contribution in [0.2, 0.25) is 0 Å². The zero-order chi connectivity index (χ0) is 41.0. The average Bonchev–Trinajstić information content (AvgIpc) is 3.80. The highest BCUT2D eigenvalue weighted by molar-refractivity contribution is 7.17. The number of nitrogens with zero attached hydrogens (tertiary/aromatic N) is 2. The van der Waals surface area contributed by atoms with Gasteiger partial charge in [0, 0.05) is 48.4 Å². The standard InChI is InChI=1S/C59H42N2S/c1-3-19-40(20-4-1)45-31-16-21-41-22-17-32-49(57(41)45)47-28-7-11-34-52(47)60(54-36-18-33-50-48-29-8-12-35-53(48)61(59(50)54)43-24-5-2-6-25-43)44-26-15-23-42(39-44)46-27-9-14-38-56-58(46)51-30-10-13-37-55(51)62-56/h1-26,28-32,34-39,50H,27,33H2. The summed E-state index contributed by atoms with van der Waals surface area (Å²) in [6.45, 7) is 0. The molecule has 8 aromatic carbocycles. The van der Waals surface area contributed by atoms with Gasteiger partial charge in [-0.2, -0.15) is 0 Å². The van der Waals surface area contributed by atoms with E-state index in [2.05, 4.69) is 234 Å². The van der Waals surface area contributed by atoms with E-state index in [1.807, 2.05) is 11.3 Å². The van der Waals surface area contributed by atoms with Gasteiger partial charge in [0.1, 0.15) is 0 Å². The van der Waals surface area contributed by atoms with Crippen molar-refractivity contribution in [1.82, 2.24) is 0 Å². The maximum atomic E-state index is 2.56. The number of thiophene rings is 1. The summed E-state index contributed by atoms with van der Waals surface area (Å²) in [4.78, 5) is 5.09. The normalized spacial score (nSPS) is 15.3. The van der Waals surface area contributed by atoms with Crippen molar-refractivity contribution in [2.24, 2.45) is 0 Å². The van der Waals surface area contributed by atoms with E-state index in [1.165, 1.54) is 92.3 Å². The van der Waals surface area contributed by atoms with Crippen LogP contribution in [0.3, 0.4) is 0 Å². The molecular weight excluding hydrogens is 769 g/mol. The van der Waals surface area contributed by atoms with Crippen LogP contribution in [-0.2, 0) is 0 Å². The second kappa shape index (κ2) is 15.2. The van der Waals surface area contributed by atoms with Gasteiger partial charge in [-0.05, 0) is 112 Å². The molecule has 0 fully saturated rings. The molecule has 0 amide bonds. The Morgan fingerprint density at radius 2 is 1.29 bits per heavy atom. The Kier molecular flexibility index (Phi) is 8.94. The molecule has 0 saturated carbocycles. The highest BCUT2D eigenvalue weighted by Gasteiger charge is 2.39.